The molecule has 0 aromatic heterocycles. The molecular weight excluding hydrogens is 539 g/mol. The van der Waals surface area contributed by atoms with Gasteiger partial charge in [-0.15, -0.1) is 0 Å². The van der Waals surface area contributed by atoms with Crippen molar-refractivity contribution in [2.75, 3.05) is 21.2 Å². The van der Waals surface area contributed by atoms with Gasteiger partial charge in [0.05, 0.1) is 10.7 Å². The number of amides is 2. The van der Waals surface area contributed by atoms with Gasteiger partial charge in [0.2, 0.25) is 0 Å². The largest absolute Gasteiger partial charge is 0.493 e. The average Bonchev–Trinajstić information content (AvgIpc) is 2.74. The summed E-state index contributed by atoms with van der Waals surface area (Å²) in [6.45, 7) is 0.274. The molecule has 156 valence electrons. The fraction of sp³-hybridized carbons (Fsp3) is 0.190. The number of benzene rings is 2. The Labute approximate surface area is 198 Å². The van der Waals surface area contributed by atoms with Crippen LogP contribution in [-0.2, 0) is 16.2 Å². The van der Waals surface area contributed by atoms with Crippen molar-refractivity contribution in [1.82, 2.24) is 9.80 Å². The fourth-order valence-electron chi connectivity index (χ4n) is 2.87. The van der Waals surface area contributed by atoms with Crippen LogP contribution in [0.15, 0.2) is 42.0 Å². The van der Waals surface area contributed by atoms with E-state index < -0.39 is 11.8 Å². The van der Waals surface area contributed by atoms with Crippen molar-refractivity contribution >= 4 is 69.4 Å². The van der Waals surface area contributed by atoms with Gasteiger partial charge in [0.1, 0.15) is 12.2 Å². The summed E-state index contributed by atoms with van der Waals surface area (Å²) in [5.41, 5.74) is 1.51. The van der Waals surface area contributed by atoms with Crippen LogP contribution in [0.3, 0.4) is 0 Å². The highest BCUT2D eigenvalue weighted by molar-refractivity contribution is 14.1. The van der Waals surface area contributed by atoms with Crippen LogP contribution in [0.2, 0.25) is 5.02 Å². The molecule has 0 N–H and O–H groups in total. The summed E-state index contributed by atoms with van der Waals surface area (Å²) in [5.74, 6) is 0.137. The second kappa shape index (κ2) is 9.32. The number of carbonyl (C=O) groups is 2. The lowest BCUT2D eigenvalue weighted by Crippen LogP contribution is -2.52. The summed E-state index contributed by atoms with van der Waals surface area (Å²) in [6, 6.07) is 11.0. The molecule has 1 saturated heterocycles. The Kier molecular flexibility index (Phi) is 6.99. The zero-order valence-corrected chi connectivity index (χ0v) is 20.2. The zero-order chi connectivity index (χ0) is 22.0. The maximum atomic E-state index is 12.5. The number of hydrogen-bond acceptors (Lipinski definition) is 5. The number of ether oxygens (including phenoxy) is 2. The number of thiocarbonyl (C=S) groups is 1. The van der Waals surface area contributed by atoms with E-state index in [4.69, 9.17) is 33.3 Å². The number of halogens is 2. The molecule has 3 rings (SSSR count). The smallest absolute Gasteiger partial charge is 0.265 e. The Morgan fingerprint density at radius 2 is 1.77 bits per heavy atom. The number of nitrogens with zero attached hydrogens (tertiary/aromatic N) is 2. The van der Waals surface area contributed by atoms with Crippen molar-refractivity contribution in [3.05, 3.63) is 61.7 Å². The van der Waals surface area contributed by atoms with Gasteiger partial charge >= 0.3 is 0 Å². The van der Waals surface area contributed by atoms with E-state index in [0.717, 1.165) is 9.13 Å². The second-order valence-electron chi connectivity index (χ2n) is 6.48. The zero-order valence-electron chi connectivity index (χ0n) is 16.4. The van der Waals surface area contributed by atoms with Crippen LogP contribution in [-0.4, -0.2) is 47.9 Å². The average molecular weight is 557 g/mol. The maximum absolute atomic E-state index is 12.5. The lowest BCUT2D eigenvalue weighted by Gasteiger charge is -2.31. The minimum absolute atomic E-state index is 0.0242. The van der Waals surface area contributed by atoms with Crippen LogP contribution in [0.1, 0.15) is 11.1 Å². The van der Waals surface area contributed by atoms with Gasteiger partial charge in [-0.2, -0.15) is 0 Å². The highest BCUT2D eigenvalue weighted by Crippen LogP contribution is 2.36. The molecule has 0 atom stereocenters. The molecular formula is C21H18ClIN2O4S. The molecule has 9 heteroatoms. The van der Waals surface area contributed by atoms with Crippen molar-refractivity contribution in [2.45, 2.75) is 6.61 Å². The molecule has 1 aliphatic heterocycles. The Hall–Kier alpha value is -2.17. The molecule has 0 radical (unpaired) electrons. The molecule has 6 nitrogen and oxygen atoms in total. The number of rotatable bonds is 5. The summed E-state index contributed by atoms with van der Waals surface area (Å²) in [7, 11) is 4.61. The van der Waals surface area contributed by atoms with Crippen molar-refractivity contribution in [2.24, 2.45) is 0 Å². The molecule has 2 amide bonds. The summed E-state index contributed by atoms with van der Waals surface area (Å²) in [4.78, 5) is 27.6. The van der Waals surface area contributed by atoms with Crippen LogP contribution >= 0.6 is 46.4 Å². The highest BCUT2D eigenvalue weighted by atomic mass is 127. The first kappa shape index (κ1) is 22.5. The van der Waals surface area contributed by atoms with Gasteiger partial charge in [0.15, 0.2) is 16.6 Å². The summed E-state index contributed by atoms with van der Waals surface area (Å²) in [5, 5.41) is 0.783. The second-order valence-corrected chi connectivity index (χ2v) is 8.42. The number of carbonyl (C=O) groups excluding carboxylic acids is 2. The topological polar surface area (TPSA) is 59.1 Å². The molecule has 2 aromatic rings. The van der Waals surface area contributed by atoms with Gasteiger partial charge in [-0.1, -0.05) is 29.8 Å². The van der Waals surface area contributed by atoms with Crippen LogP contribution < -0.4 is 9.47 Å². The minimum atomic E-state index is -0.448. The van der Waals surface area contributed by atoms with E-state index >= 15 is 0 Å². The standard InChI is InChI=1S/C21H18ClIN2O4S/c1-24-19(26)14(20(27)25(2)21(24)30)8-12-9-16(23)18(17(10-12)28-3)29-11-13-6-4-5-7-15(13)22/h4-10H,11H2,1-3H3. The van der Waals surface area contributed by atoms with Crippen molar-refractivity contribution in [1.29, 1.82) is 0 Å². The SMILES string of the molecule is COc1cc(C=C2C(=O)N(C)C(=S)N(C)C2=O)cc(I)c1OCc1ccccc1Cl. The quantitative estimate of drug-likeness (QED) is 0.240. The molecule has 2 aromatic carbocycles. The maximum Gasteiger partial charge on any atom is 0.265 e. The van der Waals surface area contributed by atoms with Crippen molar-refractivity contribution in [3.8, 4) is 11.5 Å². The van der Waals surface area contributed by atoms with Crippen LogP contribution in [0.4, 0.5) is 0 Å². The third kappa shape index (κ3) is 4.45. The van der Waals surface area contributed by atoms with E-state index in [1.165, 1.54) is 37.1 Å². The first-order chi connectivity index (χ1) is 14.2. The lowest BCUT2D eigenvalue weighted by molar-refractivity contribution is -0.132. The van der Waals surface area contributed by atoms with Gasteiger partial charge in [-0.05, 0) is 64.6 Å². The molecule has 30 heavy (non-hydrogen) atoms. The molecule has 1 fully saturated rings. The lowest BCUT2D eigenvalue weighted by atomic mass is 10.1. The molecule has 0 bridgehead atoms. The predicted octanol–water partition coefficient (Wildman–Crippen LogP) is 4.13. The van der Waals surface area contributed by atoms with Gasteiger partial charge < -0.3 is 9.47 Å². The Bertz CT molecular complexity index is 1050. The number of methoxy groups -OCH3 is 1. The molecule has 0 spiro atoms. The van der Waals surface area contributed by atoms with Crippen LogP contribution in [0.5, 0.6) is 11.5 Å². The van der Waals surface area contributed by atoms with E-state index in [0.29, 0.717) is 22.1 Å². The van der Waals surface area contributed by atoms with Crippen molar-refractivity contribution < 1.29 is 19.1 Å². The monoisotopic (exact) mass is 556 g/mol. The van der Waals surface area contributed by atoms with Crippen molar-refractivity contribution in [3.63, 3.8) is 0 Å². The van der Waals surface area contributed by atoms with Crippen LogP contribution in [0.25, 0.3) is 6.08 Å². The molecule has 0 aliphatic carbocycles. The summed E-state index contributed by atoms with van der Waals surface area (Å²) >= 11 is 13.4. The summed E-state index contributed by atoms with van der Waals surface area (Å²) < 4.78 is 12.2. The molecule has 1 heterocycles. The minimum Gasteiger partial charge on any atom is -0.493 e. The number of likely N-dealkylation sites (N-methyl/N-ethyl adjacent to an activating group) is 2. The molecule has 0 saturated carbocycles. The first-order valence-corrected chi connectivity index (χ1v) is 10.7. The van der Waals surface area contributed by atoms with Gasteiger partial charge in [-0.3, -0.25) is 19.4 Å². The third-order valence-electron chi connectivity index (χ3n) is 4.54. The van der Waals surface area contributed by atoms with Crippen LogP contribution in [0, 0.1) is 3.57 Å². The van der Waals surface area contributed by atoms with Gasteiger partial charge in [0, 0.05) is 24.7 Å². The Balaban J connectivity index is 1.93. The Morgan fingerprint density at radius 1 is 1.13 bits per heavy atom. The first-order valence-electron chi connectivity index (χ1n) is 8.80. The van der Waals surface area contributed by atoms with Gasteiger partial charge in [-0.25, -0.2) is 0 Å². The predicted molar refractivity (Wildman–Crippen MR) is 128 cm³/mol. The van der Waals surface area contributed by atoms with Gasteiger partial charge in [0.25, 0.3) is 11.8 Å². The van der Waals surface area contributed by atoms with E-state index in [2.05, 4.69) is 22.6 Å². The third-order valence-corrected chi connectivity index (χ3v) is 6.25. The van der Waals surface area contributed by atoms with E-state index in [-0.39, 0.29) is 17.3 Å². The van der Waals surface area contributed by atoms with E-state index in [1.807, 2.05) is 24.3 Å². The van der Waals surface area contributed by atoms with E-state index in [9.17, 15) is 9.59 Å². The highest BCUT2D eigenvalue weighted by Gasteiger charge is 2.35. The summed E-state index contributed by atoms with van der Waals surface area (Å²) in [6.07, 6.45) is 1.53. The van der Waals surface area contributed by atoms with E-state index in [1.54, 1.807) is 12.1 Å². The number of hydrogen-bond donors (Lipinski definition) is 0. The normalized spacial score (nSPS) is 14.3. The Morgan fingerprint density at radius 3 is 2.37 bits per heavy atom. The fourth-order valence-corrected chi connectivity index (χ4v) is 4.01. The molecule has 0 unspecified atom stereocenters. The molecule has 1 aliphatic rings.